The van der Waals surface area contributed by atoms with Crippen molar-refractivity contribution >= 4 is 8.53 Å². The molecule has 4 N–H and O–H groups in total. The van der Waals surface area contributed by atoms with Gasteiger partial charge < -0.3 is 33.1 Å². The molecule has 0 spiro atoms. The van der Waals surface area contributed by atoms with Gasteiger partial charge in [0.15, 0.2) is 6.23 Å². The van der Waals surface area contributed by atoms with Crippen molar-refractivity contribution < 1.29 is 33.1 Å². The van der Waals surface area contributed by atoms with E-state index >= 15 is 0 Å². The fourth-order valence-corrected chi connectivity index (χ4v) is 7.02. The number of hydrogen-bond donors (Lipinski definition) is 3. The van der Waals surface area contributed by atoms with Gasteiger partial charge >= 0.3 is 5.69 Å². The number of nitrogens with one attached hydrogen (secondary N) is 1. The van der Waals surface area contributed by atoms with Crippen LogP contribution in [0.4, 0.5) is 0 Å². The molecule has 0 amide bonds. The molecule has 14 heteroatoms. The number of H-pyrrole nitrogens is 1. The van der Waals surface area contributed by atoms with E-state index in [0.717, 1.165) is 10.6 Å². The maximum atomic E-state index is 13.1. The third-order valence-corrected chi connectivity index (χ3v) is 9.33. The first-order chi connectivity index (χ1) is 24.3. The number of aliphatic hydroxyl groups is 1. The molecule has 1 aromatic heterocycles. The summed E-state index contributed by atoms with van der Waals surface area (Å²) in [7, 11) is 0.960. The maximum absolute atomic E-state index is 13.1. The fraction of sp³-hybridized carbons (Fsp3) is 0.306. The Kier molecular flexibility index (Phi) is 12.2. The first-order valence-electron chi connectivity index (χ1n) is 15.5. The first kappa shape index (κ1) is 36.5. The number of nitrogens with two attached hydrogens (primary N) is 1. The van der Waals surface area contributed by atoms with Crippen LogP contribution in [0.3, 0.4) is 0 Å². The number of benzene rings is 3. The Hall–Kier alpha value is -4.82. The SMILES string of the molecule is C#CCO[C@@H]1[C@H](OP(N)OCCC#N)[C@@H](C(O)C(c2ccccc2)(c2ccc(OC)cc2)c2ccc(OC)cc2)O[C@H]1n1ccc(=O)[nH]c1=O. The Labute approximate surface area is 290 Å². The van der Waals surface area contributed by atoms with Crippen LogP contribution in [0.5, 0.6) is 11.5 Å². The molecule has 6 atom stereocenters. The van der Waals surface area contributed by atoms with E-state index in [1.54, 1.807) is 38.5 Å². The second-order valence-electron chi connectivity index (χ2n) is 11.2. The highest BCUT2D eigenvalue weighted by atomic mass is 31.2. The van der Waals surface area contributed by atoms with Crippen molar-refractivity contribution in [2.24, 2.45) is 5.50 Å². The van der Waals surface area contributed by atoms with Gasteiger partial charge in [0.25, 0.3) is 14.1 Å². The monoisotopic (exact) mass is 700 g/mol. The third kappa shape index (κ3) is 7.50. The van der Waals surface area contributed by atoms with Crippen LogP contribution in [0, 0.1) is 23.7 Å². The molecule has 1 aliphatic heterocycles. The van der Waals surface area contributed by atoms with E-state index in [1.165, 1.54) is 6.20 Å². The van der Waals surface area contributed by atoms with E-state index in [-0.39, 0.29) is 19.6 Å². The average Bonchev–Trinajstić information content (AvgIpc) is 3.48. The lowest BCUT2D eigenvalue weighted by Gasteiger charge is -2.43. The van der Waals surface area contributed by atoms with E-state index in [9.17, 15) is 14.7 Å². The highest BCUT2D eigenvalue weighted by Crippen LogP contribution is 2.50. The van der Waals surface area contributed by atoms with E-state index in [4.69, 9.17) is 45.2 Å². The second-order valence-corrected chi connectivity index (χ2v) is 12.2. The lowest BCUT2D eigenvalue weighted by molar-refractivity contribution is -0.0993. The third-order valence-electron chi connectivity index (χ3n) is 8.44. The molecular weight excluding hydrogens is 663 g/mol. The molecule has 0 bridgehead atoms. The van der Waals surface area contributed by atoms with Crippen LogP contribution in [0.2, 0.25) is 0 Å². The molecule has 260 valence electrons. The van der Waals surface area contributed by atoms with Crippen LogP contribution in [-0.2, 0) is 23.9 Å². The van der Waals surface area contributed by atoms with Crippen molar-refractivity contribution in [3.05, 3.63) is 129 Å². The summed E-state index contributed by atoms with van der Waals surface area (Å²) in [5.74, 6) is 3.62. The van der Waals surface area contributed by atoms with Crippen LogP contribution >= 0.6 is 8.53 Å². The number of aromatic amines is 1. The van der Waals surface area contributed by atoms with Gasteiger partial charge in [-0.25, -0.2) is 4.79 Å². The molecule has 50 heavy (non-hydrogen) atoms. The van der Waals surface area contributed by atoms with Crippen molar-refractivity contribution in [2.45, 2.75) is 42.5 Å². The van der Waals surface area contributed by atoms with Gasteiger partial charge in [0.2, 0.25) is 0 Å². The number of aromatic nitrogens is 2. The zero-order chi connectivity index (χ0) is 35.7. The Morgan fingerprint density at radius 1 is 0.980 bits per heavy atom. The number of nitrogens with zero attached hydrogens (tertiary/aromatic N) is 2. The van der Waals surface area contributed by atoms with Gasteiger partial charge in [0.1, 0.15) is 42.5 Å². The lowest BCUT2D eigenvalue weighted by Crippen LogP contribution is -2.53. The van der Waals surface area contributed by atoms with Gasteiger partial charge in [-0.2, -0.15) is 5.26 Å². The molecule has 4 aromatic rings. The zero-order valence-electron chi connectivity index (χ0n) is 27.4. The van der Waals surface area contributed by atoms with Gasteiger partial charge in [-0.1, -0.05) is 60.5 Å². The predicted molar refractivity (Wildman–Crippen MR) is 184 cm³/mol. The van der Waals surface area contributed by atoms with Gasteiger partial charge in [0.05, 0.1) is 38.7 Å². The number of nitriles is 1. The highest BCUT2D eigenvalue weighted by molar-refractivity contribution is 7.44. The second kappa shape index (κ2) is 16.7. The summed E-state index contributed by atoms with van der Waals surface area (Å²) >= 11 is 0. The van der Waals surface area contributed by atoms with Gasteiger partial charge in [-0.3, -0.25) is 19.8 Å². The Bertz CT molecular complexity index is 1860. The minimum atomic E-state index is -2.16. The van der Waals surface area contributed by atoms with E-state index in [2.05, 4.69) is 10.9 Å². The van der Waals surface area contributed by atoms with Crippen LogP contribution < -0.4 is 26.2 Å². The van der Waals surface area contributed by atoms with Crippen LogP contribution in [0.25, 0.3) is 0 Å². The number of terminal acetylenes is 1. The molecule has 1 fully saturated rings. The summed E-state index contributed by atoms with van der Waals surface area (Å²) in [4.78, 5) is 27.4. The fourth-order valence-electron chi connectivity index (χ4n) is 6.21. The maximum Gasteiger partial charge on any atom is 0.330 e. The summed E-state index contributed by atoms with van der Waals surface area (Å²) in [6.45, 7) is -0.228. The molecule has 0 aliphatic carbocycles. The van der Waals surface area contributed by atoms with Crippen molar-refractivity contribution in [2.75, 3.05) is 27.4 Å². The van der Waals surface area contributed by atoms with Crippen LogP contribution in [0.1, 0.15) is 29.3 Å². The predicted octanol–water partition coefficient (Wildman–Crippen LogP) is 3.37. The molecule has 2 heterocycles. The Morgan fingerprint density at radius 3 is 2.12 bits per heavy atom. The Balaban J connectivity index is 1.75. The molecule has 2 unspecified atom stereocenters. The Morgan fingerprint density at radius 2 is 1.58 bits per heavy atom. The smallest absolute Gasteiger partial charge is 0.330 e. The zero-order valence-corrected chi connectivity index (χ0v) is 28.3. The molecule has 5 rings (SSSR count). The molecule has 0 radical (unpaired) electrons. The first-order valence-corrected chi connectivity index (χ1v) is 16.8. The van der Waals surface area contributed by atoms with Gasteiger partial charge in [-0.15, -0.1) is 6.42 Å². The standard InChI is InChI=1S/C36H37N4O9P/c1-4-22-46-32-30(49-50(38)47-23-8-20-37)31(48-34(32)40-21-19-29(41)39-35(40)43)33(42)36(24-9-6-5-7-10-24,25-11-15-27(44-2)16-12-25)26-13-17-28(45-3)18-14-26/h1,5-7,9-19,21,30-34,42H,8,22-23,38H2,2-3H3,(H,39,41,43)/t30-,31+,32-,33?,34-,50?/m1/s1. The van der Waals surface area contributed by atoms with Gasteiger partial charge in [0, 0.05) is 12.3 Å². The normalized spacial score (nSPS) is 20.0. The summed E-state index contributed by atoms with van der Waals surface area (Å²) in [5, 5.41) is 22.1. The molecule has 3 aromatic carbocycles. The van der Waals surface area contributed by atoms with Crippen molar-refractivity contribution in [3.63, 3.8) is 0 Å². The molecular formula is C36H37N4O9P. The number of rotatable bonds is 15. The van der Waals surface area contributed by atoms with Crippen molar-refractivity contribution in [1.29, 1.82) is 5.26 Å². The topological polar surface area (TPSA) is 180 Å². The highest BCUT2D eigenvalue weighted by Gasteiger charge is 2.57. The van der Waals surface area contributed by atoms with Crippen molar-refractivity contribution in [1.82, 2.24) is 9.55 Å². The summed E-state index contributed by atoms with van der Waals surface area (Å²) in [6.07, 6.45) is 0.563. The lowest BCUT2D eigenvalue weighted by atomic mass is 9.64. The minimum absolute atomic E-state index is 0.0101. The van der Waals surface area contributed by atoms with Crippen LogP contribution in [0.15, 0.2) is 101 Å². The molecule has 0 saturated carbocycles. The van der Waals surface area contributed by atoms with E-state index < -0.39 is 55.8 Å². The molecule has 1 aliphatic rings. The minimum Gasteiger partial charge on any atom is -0.497 e. The number of hydrogen-bond acceptors (Lipinski definition) is 11. The number of aliphatic hydroxyl groups excluding tert-OH is 1. The van der Waals surface area contributed by atoms with Gasteiger partial charge in [-0.05, 0) is 41.0 Å². The van der Waals surface area contributed by atoms with Crippen LogP contribution in [-0.4, -0.2) is 66.5 Å². The summed E-state index contributed by atoms with van der Waals surface area (Å²) in [6, 6.07) is 27.1. The van der Waals surface area contributed by atoms with Crippen molar-refractivity contribution in [3.8, 4) is 29.9 Å². The quantitative estimate of drug-likeness (QED) is 0.0716. The summed E-state index contributed by atoms with van der Waals surface area (Å²) in [5.41, 5.74) is 5.57. The van der Waals surface area contributed by atoms with E-state index in [1.807, 2.05) is 60.7 Å². The number of ether oxygens (including phenoxy) is 4. The summed E-state index contributed by atoms with van der Waals surface area (Å²) < 4.78 is 36.7. The molecule has 13 nitrogen and oxygen atoms in total. The number of methoxy groups -OCH3 is 2. The molecule has 1 saturated heterocycles. The van der Waals surface area contributed by atoms with E-state index in [0.29, 0.717) is 28.2 Å². The average molecular weight is 701 g/mol. The largest absolute Gasteiger partial charge is 0.497 e.